The number of benzene rings is 3. The second-order valence-electron chi connectivity index (χ2n) is 7.83. The second kappa shape index (κ2) is 8.43. The minimum absolute atomic E-state index is 0.192. The van der Waals surface area contributed by atoms with Gasteiger partial charge in [-0.3, -0.25) is 9.36 Å². The number of fused-ring (bicyclic) bond motifs is 3. The minimum atomic E-state index is -0.370. The van der Waals surface area contributed by atoms with E-state index in [0.717, 1.165) is 28.1 Å². The lowest BCUT2D eigenvalue weighted by atomic mass is 10.2. The number of hydrogen-bond donors (Lipinski definition) is 0. The number of halogens is 1. The molecule has 7 heteroatoms. The van der Waals surface area contributed by atoms with E-state index in [9.17, 15) is 9.18 Å². The van der Waals surface area contributed by atoms with E-state index >= 15 is 0 Å². The largest absolute Gasteiger partial charge is 0.497 e. The average Bonchev–Trinajstić information content (AvgIpc) is 3.14. The number of ether oxygens (including phenoxy) is 2. The van der Waals surface area contributed by atoms with E-state index in [-0.39, 0.29) is 11.4 Å². The van der Waals surface area contributed by atoms with Gasteiger partial charge in [0.05, 0.1) is 32.6 Å². The molecule has 0 aliphatic carbocycles. The van der Waals surface area contributed by atoms with E-state index in [1.807, 2.05) is 53.1 Å². The van der Waals surface area contributed by atoms with Crippen LogP contribution in [0.5, 0.6) is 11.5 Å². The normalized spacial score (nSPS) is 11.2. The fraction of sp³-hybridized carbons (Fsp3) is 0.154. The predicted molar refractivity (Wildman–Crippen MR) is 126 cm³/mol. The molecule has 0 radical (unpaired) electrons. The van der Waals surface area contributed by atoms with Crippen molar-refractivity contribution in [2.75, 3.05) is 14.2 Å². The second-order valence-corrected chi connectivity index (χ2v) is 7.83. The molecule has 0 aliphatic heterocycles. The molecule has 0 saturated carbocycles. The van der Waals surface area contributed by atoms with Gasteiger partial charge in [0.2, 0.25) is 0 Å². The maximum Gasteiger partial charge on any atom is 0.278 e. The highest BCUT2D eigenvalue weighted by Crippen LogP contribution is 2.28. The molecule has 0 fully saturated rings. The summed E-state index contributed by atoms with van der Waals surface area (Å²) >= 11 is 0. The number of aromatic nitrogens is 3. The van der Waals surface area contributed by atoms with Crippen molar-refractivity contribution in [3.8, 4) is 11.5 Å². The standard InChI is InChI=1S/C26H22FN3O3/c1-32-20-7-3-5-17(11-20)14-29-16-28-24-22-13-19(27)9-10-23(22)30(25(24)26(29)31)15-18-6-4-8-21(12-18)33-2/h3-13,16H,14-15H2,1-2H3. The lowest BCUT2D eigenvalue weighted by Gasteiger charge is -2.11. The first-order valence-electron chi connectivity index (χ1n) is 10.5. The molecular weight excluding hydrogens is 421 g/mol. The molecular formula is C26H22FN3O3. The zero-order chi connectivity index (χ0) is 22.9. The molecule has 0 unspecified atom stereocenters. The number of hydrogen-bond acceptors (Lipinski definition) is 4. The summed E-state index contributed by atoms with van der Waals surface area (Å²) in [6.45, 7) is 0.761. The van der Waals surface area contributed by atoms with Crippen LogP contribution in [0.4, 0.5) is 4.39 Å². The molecule has 5 rings (SSSR count). The molecule has 0 atom stereocenters. The van der Waals surface area contributed by atoms with E-state index in [1.54, 1.807) is 24.9 Å². The first-order valence-corrected chi connectivity index (χ1v) is 10.5. The van der Waals surface area contributed by atoms with Crippen LogP contribution in [0.2, 0.25) is 0 Å². The van der Waals surface area contributed by atoms with Crippen molar-refractivity contribution < 1.29 is 13.9 Å². The lowest BCUT2D eigenvalue weighted by Crippen LogP contribution is -2.23. The molecule has 2 aromatic heterocycles. The van der Waals surface area contributed by atoms with Gasteiger partial charge in [-0.15, -0.1) is 0 Å². The monoisotopic (exact) mass is 443 g/mol. The van der Waals surface area contributed by atoms with Crippen molar-refractivity contribution in [2.24, 2.45) is 0 Å². The van der Waals surface area contributed by atoms with Gasteiger partial charge in [-0.1, -0.05) is 24.3 Å². The summed E-state index contributed by atoms with van der Waals surface area (Å²) in [5, 5.41) is 0.610. The number of rotatable bonds is 6. The Bertz CT molecular complexity index is 1540. The number of nitrogens with zero attached hydrogens (tertiary/aromatic N) is 3. The third-order valence-corrected chi connectivity index (χ3v) is 5.75. The molecule has 6 nitrogen and oxygen atoms in total. The van der Waals surface area contributed by atoms with Gasteiger partial charge in [0.25, 0.3) is 5.56 Å². The van der Waals surface area contributed by atoms with Gasteiger partial charge in [-0.05, 0) is 53.6 Å². The molecule has 0 amide bonds. The molecule has 0 spiro atoms. The minimum Gasteiger partial charge on any atom is -0.497 e. The quantitative estimate of drug-likeness (QED) is 0.385. The van der Waals surface area contributed by atoms with E-state index < -0.39 is 0 Å². The summed E-state index contributed by atoms with van der Waals surface area (Å²) in [7, 11) is 3.22. The highest BCUT2D eigenvalue weighted by Gasteiger charge is 2.18. The molecule has 2 heterocycles. The molecule has 0 N–H and O–H groups in total. The van der Waals surface area contributed by atoms with Crippen LogP contribution >= 0.6 is 0 Å². The Hall–Kier alpha value is -4.13. The van der Waals surface area contributed by atoms with Gasteiger partial charge < -0.3 is 14.0 Å². The Morgan fingerprint density at radius 2 is 1.55 bits per heavy atom. The molecule has 0 saturated heterocycles. The van der Waals surface area contributed by atoms with E-state index in [1.165, 1.54) is 18.5 Å². The van der Waals surface area contributed by atoms with E-state index in [0.29, 0.717) is 29.5 Å². The van der Waals surface area contributed by atoms with Crippen LogP contribution in [0.25, 0.3) is 21.9 Å². The topological polar surface area (TPSA) is 58.3 Å². The van der Waals surface area contributed by atoms with Crippen LogP contribution < -0.4 is 15.0 Å². The Labute approximate surface area is 189 Å². The third kappa shape index (κ3) is 3.82. The fourth-order valence-electron chi connectivity index (χ4n) is 4.17. The molecule has 166 valence electrons. The van der Waals surface area contributed by atoms with Crippen molar-refractivity contribution in [3.05, 3.63) is 100 Å². The zero-order valence-corrected chi connectivity index (χ0v) is 18.3. The SMILES string of the molecule is COc1cccc(Cn2cnc3c4cc(F)ccc4n(Cc4cccc(OC)c4)c3c2=O)c1. The van der Waals surface area contributed by atoms with E-state index in [4.69, 9.17) is 9.47 Å². The Morgan fingerprint density at radius 1 is 0.879 bits per heavy atom. The highest BCUT2D eigenvalue weighted by atomic mass is 19.1. The van der Waals surface area contributed by atoms with Gasteiger partial charge in [0.15, 0.2) is 0 Å². The fourth-order valence-corrected chi connectivity index (χ4v) is 4.17. The maximum absolute atomic E-state index is 14.1. The van der Waals surface area contributed by atoms with Crippen molar-refractivity contribution in [1.82, 2.24) is 14.1 Å². The van der Waals surface area contributed by atoms with Crippen LogP contribution in [0.3, 0.4) is 0 Å². The van der Waals surface area contributed by atoms with Crippen molar-refractivity contribution in [2.45, 2.75) is 13.1 Å². The van der Waals surface area contributed by atoms with Crippen molar-refractivity contribution in [3.63, 3.8) is 0 Å². The summed E-state index contributed by atoms with van der Waals surface area (Å²) in [6, 6.07) is 19.7. The van der Waals surface area contributed by atoms with Crippen LogP contribution in [-0.2, 0) is 13.1 Å². The van der Waals surface area contributed by atoms with Gasteiger partial charge in [-0.25, -0.2) is 9.37 Å². The van der Waals surface area contributed by atoms with Gasteiger partial charge >= 0.3 is 0 Å². The first kappa shape index (κ1) is 20.8. The summed E-state index contributed by atoms with van der Waals surface area (Å²) < 4.78 is 28.2. The van der Waals surface area contributed by atoms with Gasteiger partial charge in [-0.2, -0.15) is 0 Å². The third-order valence-electron chi connectivity index (χ3n) is 5.75. The van der Waals surface area contributed by atoms with Crippen LogP contribution in [0, 0.1) is 5.82 Å². The summed E-state index contributed by atoms with van der Waals surface area (Å²) in [5.74, 6) is 1.08. The van der Waals surface area contributed by atoms with Gasteiger partial charge in [0, 0.05) is 11.9 Å². The highest BCUT2D eigenvalue weighted by molar-refractivity contribution is 6.05. The van der Waals surface area contributed by atoms with Crippen LogP contribution in [0.1, 0.15) is 11.1 Å². The van der Waals surface area contributed by atoms with Crippen molar-refractivity contribution >= 4 is 21.9 Å². The lowest BCUT2D eigenvalue weighted by molar-refractivity contribution is 0.414. The van der Waals surface area contributed by atoms with Crippen molar-refractivity contribution in [1.29, 1.82) is 0 Å². The smallest absolute Gasteiger partial charge is 0.278 e. The summed E-state index contributed by atoms with van der Waals surface area (Å²) in [5.41, 5.74) is 3.35. The molecule has 0 bridgehead atoms. The van der Waals surface area contributed by atoms with Gasteiger partial charge in [0.1, 0.15) is 28.3 Å². The Kier molecular flexibility index (Phi) is 5.30. The van der Waals surface area contributed by atoms with E-state index in [2.05, 4.69) is 4.98 Å². The average molecular weight is 443 g/mol. The van der Waals surface area contributed by atoms with Crippen LogP contribution in [0.15, 0.2) is 77.9 Å². The molecule has 33 heavy (non-hydrogen) atoms. The maximum atomic E-state index is 14.1. The molecule has 0 aliphatic rings. The first-order chi connectivity index (χ1) is 16.1. The summed E-state index contributed by atoms with van der Waals surface area (Å²) in [6.07, 6.45) is 1.52. The number of methoxy groups -OCH3 is 2. The molecule has 3 aromatic carbocycles. The van der Waals surface area contributed by atoms with Crippen LogP contribution in [-0.4, -0.2) is 28.3 Å². The summed E-state index contributed by atoms with van der Waals surface area (Å²) in [4.78, 5) is 18.2. The molecule has 5 aromatic rings. The predicted octanol–water partition coefficient (Wildman–Crippen LogP) is 4.60. The Morgan fingerprint density at radius 3 is 2.21 bits per heavy atom. The zero-order valence-electron chi connectivity index (χ0n) is 18.3. The Balaban J connectivity index is 1.69.